The van der Waals surface area contributed by atoms with Crippen LogP contribution in [0.2, 0.25) is 0 Å². The van der Waals surface area contributed by atoms with E-state index >= 15 is 0 Å². The van der Waals surface area contributed by atoms with Gasteiger partial charge < -0.3 is 4.90 Å². The summed E-state index contributed by atoms with van der Waals surface area (Å²) in [4.78, 5) is 22.6. The number of fused-ring (bicyclic) bond motifs is 1. The molecule has 2 aliphatic rings. The third-order valence-electron chi connectivity index (χ3n) is 4.90. The van der Waals surface area contributed by atoms with E-state index in [-0.39, 0.29) is 11.6 Å². The molecule has 0 radical (unpaired) electrons. The quantitative estimate of drug-likeness (QED) is 0.858. The van der Waals surface area contributed by atoms with Crippen LogP contribution in [-0.4, -0.2) is 32.3 Å². The first-order chi connectivity index (χ1) is 11.7. The monoisotopic (exact) mass is 329 g/mol. The van der Waals surface area contributed by atoms with E-state index in [2.05, 4.69) is 15.1 Å². The van der Waals surface area contributed by atoms with Gasteiger partial charge in [0, 0.05) is 12.6 Å². The second-order valence-electron chi connectivity index (χ2n) is 6.53. The fourth-order valence-corrected chi connectivity index (χ4v) is 3.67. The van der Waals surface area contributed by atoms with Crippen molar-refractivity contribution >= 4 is 5.95 Å². The van der Waals surface area contributed by atoms with E-state index in [1.165, 1.54) is 12.4 Å². The van der Waals surface area contributed by atoms with Crippen molar-refractivity contribution in [3.8, 4) is 0 Å². The van der Waals surface area contributed by atoms with Crippen LogP contribution in [-0.2, 0) is 19.4 Å². The largest absolute Gasteiger partial charge is 0.336 e. The maximum atomic E-state index is 13.0. The second-order valence-corrected chi connectivity index (χ2v) is 6.53. The topological polar surface area (TPSA) is 63.9 Å². The standard InChI is InChI=1S/C17H20FN5O/c18-13-9-19-17(20-10-13)22-7-3-5-14(22)11-23-16(24)8-12-4-1-2-6-15(12)21-23/h8-10,14H,1-7,11H2. The van der Waals surface area contributed by atoms with E-state index in [1.807, 2.05) is 4.90 Å². The van der Waals surface area contributed by atoms with Gasteiger partial charge in [-0.15, -0.1) is 0 Å². The van der Waals surface area contributed by atoms with Crippen LogP contribution in [0, 0.1) is 5.82 Å². The van der Waals surface area contributed by atoms with E-state index < -0.39 is 5.82 Å². The highest BCUT2D eigenvalue weighted by Gasteiger charge is 2.28. The van der Waals surface area contributed by atoms with Gasteiger partial charge in [-0.2, -0.15) is 5.10 Å². The van der Waals surface area contributed by atoms with Crippen molar-refractivity contribution in [1.82, 2.24) is 19.7 Å². The van der Waals surface area contributed by atoms with Crippen LogP contribution in [0.4, 0.5) is 10.3 Å². The molecule has 2 aromatic heterocycles. The summed E-state index contributed by atoms with van der Waals surface area (Å²) >= 11 is 0. The van der Waals surface area contributed by atoms with E-state index in [1.54, 1.807) is 10.7 Å². The average Bonchev–Trinajstić information content (AvgIpc) is 3.04. The zero-order valence-corrected chi connectivity index (χ0v) is 13.5. The highest BCUT2D eigenvalue weighted by molar-refractivity contribution is 5.32. The summed E-state index contributed by atoms with van der Waals surface area (Å²) in [6.07, 6.45) is 8.50. The molecule has 0 N–H and O–H groups in total. The molecule has 1 aliphatic carbocycles. The summed E-state index contributed by atoms with van der Waals surface area (Å²) < 4.78 is 14.6. The van der Waals surface area contributed by atoms with Gasteiger partial charge in [0.15, 0.2) is 5.82 Å². The molecular formula is C17H20FN5O. The van der Waals surface area contributed by atoms with Crippen molar-refractivity contribution in [1.29, 1.82) is 0 Å². The van der Waals surface area contributed by atoms with Crippen molar-refractivity contribution < 1.29 is 4.39 Å². The van der Waals surface area contributed by atoms with Crippen LogP contribution < -0.4 is 10.5 Å². The Morgan fingerprint density at radius 2 is 1.96 bits per heavy atom. The zero-order valence-electron chi connectivity index (χ0n) is 13.5. The van der Waals surface area contributed by atoms with Crippen molar-refractivity contribution in [3.05, 3.63) is 45.9 Å². The van der Waals surface area contributed by atoms with Crippen molar-refractivity contribution in [2.24, 2.45) is 0 Å². The zero-order chi connectivity index (χ0) is 16.5. The second kappa shape index (κ2) is 6.30. The number of hydrogen-bond donors (Lipinski definition) is 0. The maximum absolute atomic E-state index is 13.0. The lowest BCUT2D eigenvalue weighted by Gasteiger charge is -2.25. The van der Waals surface area contributed by atoms with Gasteiger partial charge in [-0.1, -0.05) is 0 Å². The molecule has 1 atom stereocenters. The van der Waals surface area contributed by atoms with Gasteiger partial charge in [0.2, 0.25) is 5.95 Å². The van der Waals surface area contributed by atoms with Crippen LogP contribution >= 0.6 is 0 Å². The number of nitrogens with zero attached hydrogens (tertiary/aromatic N) is 5. The Kier molecular flexibility index (Phi) is 4.00. The summed E-state index contributed by atoms with van der Waals surface area (Å²) in [7, 11) is 0. The number of aromatic nitrogens is 4. The molecule has 1 aliphatic heterocycles. The Morgan fingerprint density at radius 3 is 2.79 bits per heavy atom. The van der Waals surface area contributed by atoms with Gasteiger partial charge >= 0.3 is 0 Å². The summed E-state index contributed by atoms with van der Waals surface area (Å²) in [5, 5.41) is 4.60. The first-order valence-corrected chi connectivity index (χ1v) is 8.55. The van der Waals surface area contributed by atoms with Crippen LogP contribution in [0.25, 0.3) is 0 Å². The molecule has 7 heteroatoms. The number of hydrogen-bond acceptors (Lipinski definition) is 5. The van der Waals surface area contributed by atoms with Crippen molar-refractivity contribution in [2.45, 2.75) is 51.1 Å². The maximum Gasteiger partial charge on any atom is 0.267 e. The van der Waals surface area contributed by atoms with Crippen molar-refractivity contribution in [2.75, 3.05) is 11.4 Å². The minimum atomic E-state index is -0.443. The molecule has 1 unspecified atom stereocenters. The van der Waals surface area contributed by atoms with Crippen LogP contribution in [0.3, 0.4) is 0 Å². The minimum absolute atomic E-state index is 0.0393. The molecule has 24 heavy (non-hydrogen) atoms. The number of rotatable bonds is 3. The van der Waals surface area contributed by atoms with Gasteiger partial charge in [-0.25, -0.2) is 19.0 Å². The Morgan fingerprint density at radius 1 is 1.17 bits per heavy atom. The summed E-state index contributed by atoms with van der Waals surface area (Å²) in [6.45, 7) is 1.34. The molecule has 2 aromatic rings. The molecular weight excluding hydrogens is 309 g/mol. The van der Waals surface area contributed by atoms with E-state index in [0.29, 0.717) is 12.5 Å². The lowest BCUT2D eigenvalue weighted by Crippen LogP contribution is -2.38. The summed E-state index contributed by atoms with van der Waals surface area (Å²) in [5.41, 5.74) is 2.12. The van der Waals surface area contributed by atoms with Crippen molar-refractivity contribution in [3.63, 3.8) is 0 Å². The van der Waals surface area contributed by atoms with E-state index in [0.717, 1.165) is 56.3 Å². The Balaban J connectivity index is 1.58. The number of aryl methyl sites for hydroxylation is 2. The first kappa shape index (κ1) is 15.2. The Bertz CT molecular complexity index is 789. The minimum Gasteiger partial charge on any atom is -0.336 e. The molecule has 1 saturated heterocycles. The molecule has 6 nitrogen and oxygen atoms in total. The number of anilines is 1. The summed E-state index contributed by atoms with van der Waals surface area (Å²) in [5.74, 6) is 0.0759. The van der Waals surface area contributed by atoms with Crippen LogP contribution in [0.15, 0.2) is 23.3 Å². The van der Waals surface area contributed by atoms with Gasteiger partial charge in [0.25, 0.3) is 5.56 Å². The highest BCUT2D eigenvalue weighted by atomic mass is 19.1. The molecule has 126 valence electrons. The normalized spacial score (nSPS) is 20.2. The van der Waals surface area contributed by atoms with Gasteiger partial charge in [-0.05, 0) is 44.1 Å². The molecule has 4 rings (SSSR count). The molecule has 0 aromatic carbocycles. The fraction of sp³-hybridized carbons (Fsp3) is 0.529. The molecule has 0 saturated carbocycles. The van der Waals surface area contributed by atoms with Gasteiger partial charge in [-0.3, -0.25) is 4.79 Å². The average molecular weight is 329 g/mol. The molecule has 1 fully saturated rings. The SMILES string of the molecule is O=c1cc2c(nn1CC1CCCN1c1ncc(F)cn1)CCCC2. The number of halogens is 1. The predicted molar refractivity (Wildman–Crippen MR) is 87.5 cm³/mol. The molecule has 0 bridgehead atoms. The van der Waals surface area contributed by atoms with Gasteiger partial charge in [0.1, 0.15) is 0 Å². The lowest BCUT2D eigenvalue weighted by molar-refractivity contribution is 0.470. The predicted octanol–water partition coefficient (Wildman–Crippen LogP) is 1.72. The lowest BCUT2D eigenvalue weighted by atomic mass is 9.97. The highest BCUT2D eigenvalue weighted by Crippen LogP contribution is 2.23. The van der Waals surface area contributed by atoms with Crippen LogP contribution in [0.5, 0.6) is 0 Å². The van der Waals surface area contributed by atoms with E-state index in [4.69, 9.17) is 0 Å². The summed E-state index contributed by atoms with van der Waals surface area (Å²) in [6, 6.07) is 1.86. The Labute approximate surface area is 139 Å². The van der Waals surface area contributed by atoms with Gasteiger partial charge in [0.05, 0.1) is 30.7 Å². The smallest absolute Gasteiger partial charge is 0.267 e. The third-order valence-corrected chi connectivity index (χ3v) is 4.90. The fourth-order valence-electron chi connectivity index (χ4n) is 3.67. The Hall–Kier alpha value is -2.31. The first-order valence-electron chi connectivity index (χ1n) is 8.55. The molecule has 0 spiro atoms. The third kappa shape index (κ3) is 2.90. The van der Waals surface area contributed by atoms with E-state index in [9.17, 15) is 9.18 Å². The molecule has 0 amide bonds. The molecule has 3 heterocycles. The van der Waals surface area contributed by atoms with Crippen LogP contribution in [0.1, 0.15) is 36.9 Å².